The summed E-state index contributed by atoms with van der Waals surface area (Å²) in [6.07, 6.45) is -0.458. The fourth-order valence-electron chi connectivity index (χ4n) is 3.42. The number of hydrogen-bond acceptors (Lipinski definition) is 8. The number of benzene rings is 1. The summed E-state index contributed by atoms with van der Waals surface area (Å²) in [4.78, 5) is 34.8. The van der Waals surface area contributed by atoms with E-state index in [1.165, 1.54) is 13.2 Å². The average Bonchev–Trinajstić information content (AvgIpc) is 3.20. The number of hydrogen-bond donors (Lipinski definition) is 0. The van der Waals surface area contributed by atoms with E-state index < -0.39 is 30.1 Å². The number of ether oxygens (including phenoxy) is 4. The van der Waals surface area contributed by atoms with Gasteiger partial charge < -0.3 is 28.8 Å². The SMILES string of the molecule is COc1cc2c(c(C(C(=O)[O-])=C3CCC(=O)O3)c1)C1CC(=O)OC1O2. The predicted molar refractivity (Wildman–Crippen MR) is 78.1 cm³/mol. The molecule has 4 rings (SSSR count). The quantitative estimate of drug-likeness (QED) is 0.566. The van der Waals surface area contributed by atoms with Crippen molar-refractivity contribution in [1.82, 2.24) is 0 Å². The monoisotopic (exact) mass is 345 g/mol. The number of allylic oxidation sites excluding steroid dienone is 1. The van der Waals surface area contributed by atoms with Gasteiger partial charge >= 0.3 is 11.9 Å². The number of carbonyl (C=O) groups is 3. The Balaban J connectivity index is 1.92. The minimum absolute atomic E-state index is 0.0362. The van der Waals surface area contributed by atoms with Gasteiger partial charge in [-0.25, -0.2) is 0 Å². The Labute approximate surface area is 141 Å². The second-order valence-corrected chi connectivity index (χ2v) is 5.93. The van der Waals surface area contributed by atoms with E-state index in [1.807, 2.05) is 0 Å². The summed E-state index contributed by atoms with van der Waals surface area (Å²) in [6.45, 7) is 0. The van der Waals surface area contributed by atoms with E-state index in [0.717, 1.165) is 0 Å². The summed E-state index contributed by atoms with van der Waals surface area (Å²) in [5, 5.41) is 11.8. The highest BCUT2D eigenvalue weighted by atomic mass is 16.7. The third-order valence-corrected chi connectivity index (χ3v) is 4.47. The second-order valence-electron chi connectivity index (χ2n) is 5.93. The molecule has 3 aliphatic heterocycles. The number of fused-ring (bicyclic) bond motifs is 3. The molecular formula is C17H13O8-. The van der Waals surface area contributed by atoms with Gasteiger partial charge in [-0.1, -0.05) is 0 Å². The van der Waals surface area contributed by atoms with E-state index >= 15 is 0 Å². The van der Waals surface area contributed by atoms with Gasteiger partial charge in [0.1, 0.15) is 17.3 Å². The fraction of sp³-hybridized carbons (Fsp3) is 0.353. The maximum atomic E-state index is 11.8. The number of esters is 2. The molecule has 0 amide bonds. The van der Waals surface area contributed by atoms with Crippen molar-refractivity contribution in [3.05, 3.63) is 29.0 Å². The first-order chi connectivity index (χ1) is 12.0. The molecule has 0 bridgehead atoms. The first-order valence-corrected chi connectivity index (χ1v) is 7.71. The van der Waals surface area contributed by atoms with Gasteiger partial charge in [0.05, 0.1) is 31.8 Å². The van der Waals surface area contributed by atoms with Crippen LogP contribution in [0.1, 0.15) is 36.3 Å². The maximum Gasteiger partial charge on any atom is 0.311 e. The second kappa shape index (κ2) is 5.51. The number of aliphatic carboxylic acids is 1. The van der Waals surface area contributed by atoms with Crippen LogP contribution in [-0.2, 0) is 23.9 Å². The Hall–Kier alpha value is -3.03. The van der Waals surface area contributed by atoms with Crippen LogP contribution < -0.4 is 14.6 Å². The van der Waals surface area contributed by atoms with Gasteiger partial charge in [0.2, 0.25) is 0 Å². The molecule has 0 N–H and O–H groups in total. The molecule has 8 nitrogen and oxygen atoms in total. The minimum Gasteiger partial charge on any atom is -0.545 e. The molecule has 3 aliphatic rings. The van der Waals surface area contributed by atoms with Crippen molar-refractivity contribution in [3.8, 4) is 11.5 Å². The lowest BCUT2D eigenvalue weighted by molar-refractivity contribution is -0.295. The highest BCUT2D eigenvalue weighted by Crippen LogP contribution is 2.50. The fourth-order valence-corrected chi connectivity index (χ4v) is 3.42. The molecule has 0 spiro atoms. The zero-order valence-electron chi connectivity index (χ0n) is 13.2. The summed E-state index contributed by atoms with van der Waals surface area (Å²) < 4.78 is 21.0. The molecule has 25 heavy (non-hydrogen) atoms. The maximum absolute atomic E-state index is 11.8. The molecule has 0 aliphatic carbocycles. The van der Waals surface area contributed by atoms with Gasteiger partial charge in [-0.2, -0.15) is 0 Å². The van der Waals surface area contributed by atoms with E-state index in [9.17, 15) is 19.5 Å². The Morgan fingerprint density at radius 3 is 2.64 bits per heavy atom. The lowest BCUT2D eigenvalue weighted by Gasteiger charge is -2.17. The molecule has 1 aromatic carbocycles. The van der Waals surface area contributed by atoms with Crippen LogP contribution in [0, 0.1) is 0 Å². The average molecular weight is 345 g/mol. The third-order valence-electron chi connectivity index (χ3n) is 4.47. The Morgan fingerprint density at radius 1 is 1.20 bits per heavy atom. The Kier molecular flexibility index (Phi) is 3.41. The first-order valence-electron chi connectivity index (χ1n) is 7.71. The minimum atomic E-state index is -1.48. The summed E-state index contributed by atoms with van der Waals surface area (Å²) in [6, 6.07) is 3.11. The Morgan fingerprint density at radius 2 is 2.00 bits per heavy atom. The lowest BCUT2D eigenvalue weighted by atomic mass is 9.88. The summed E-state index contributed by atoms with van der Waals surface area (Å²) in [5.74, 6) is -2.05. The van der Waals surface area contributed by atoms with E-state index in [2.05, 4.69) is 0 Å². The Bertz CT molecular complexity index is 837. The number of rotatable bonds is 3. The van der Waals surface area contributed by atoms with Crippen molar-refractivity contribution in [2.24, 2.45) is 0 Å². The van der Waals surface area contributed by atoms with E-state index in [4.69, 9.17) is 18.9 Å². The molecule has 2 saturated heterocycles. The zero-order chi connectivity index (χ0) is 17.7. The van der Waals surface area contributed by atoms with Gasteiger partial charge in [0.15, 0.2) is 0 Å². The van der Waals surface area contributed by atoms with Crippen molar-refractivity contribution in [1.29, 1.82) is 0 Å². The zero-order valence-corrected chi connectivity index (χ0v) is 13.2. The topological polar surface area (TPSA) is 111 Å². The summed E-state index contributed by atoms with van der Waals surface area (Å²) >= 11 is 0. The van der Waals surface area contributed by atoms with Crippen molar-refractivity contribution < 1.29 is 38.4 Å². The summed E-state index contributed by atoms with van der Waals surface area (Å²) in [7, 11) is 1.43. The molecule has 2 atom stereocenters. The molecule has 0 saturated carbocycles. The molecule has 2 fully saturated rings. The standard InChI is InChI=1S/C17H14O8/c1-22-7-4-8(15(16(20)21)10-2-3-12(18)23-10)14-9-6-13(19)25-17(9)24-11(14)5-7/h4-5,9,17H,2-3,6H2,1H3,(H,20,21)/p-1. The molecule has 0 aromatic heterocycles. The van der Waals surface area contributed by atoms with Crippen LogP contribution in [0.15, 0.2) is 17.9 Å². The van der Waals surface area contributed by atoms with Gasteiger partial charge in [0, 0.05) is 23.6 Å². The molecule has 2 unspecified atom stereocenters. The van der Waals surface area contributed by atoms with Gasteiger partial charge in [-0.05, 0) is 11.6 Å². The van der Waals surface area contributed by atoms with Crippen LogP contribution in [0.4, 0.5) is 0 Å². The number of carbonyl (C=O) groups excluding carboxylic acids is 3. The molecule has 8 heteroatoms. The molecule has 3 heterocycles. The third kappa shape index (κ3) is 2.41. The van der Waals surface area contributed by atoms with Crippen LogP contribution in [0.25, 0.3) is 5.57 Å². The van der Waals surface area contributed by atoms with E-state index in [-0.39, 0.29) is 36.2 Å². The lowest BCUT2D eigenvalue weighted by Crippen LogP contribution is -2.25. The van der Waals surface area contributed by atoms with Crippen LogP contribution in [0.3, 0.4) is 0 Å². The highest BCUT2D eigenvalue weighted by Gasteiger charge is 2.46. The largest absolute Gasteiger partial charge is 0.545 e. The molecule has 1 aromatic rings. The molecule has 0 radical (unpaired) electrons. The van der Waals surface area contributed by atoms with Gasteiger partial charge in [-0.15, -0.1) is 0 Å². The smallest absolute Gasteiger partial charge is 0.311 e. The number of cyclic esters (lactones) is 1. The van der Waals surface area contributed by atoms with Crippen LogP contribution in [-0.4, -0.2) is 31.3 Å². The number of methoxy groups -OCH3 is 1. The molecular weight excluding hydrogens is 332 g/mol. The van der Waals surface area contributed by atoms with Crippen molar-refractivity contribution >= 4 is 23.5 Å². The van der Waals surface area contributed by atoms with Crippen LogP contribution in [0.2, 0.25) is 0 Å². The molecule has 130 valence electrons. The van der Waals surface area contributed by atoms with Crippen LogP contribution in [0.5, 0.6) is 11.5 Å². The van der Waals surface area contributed by atoms with Crippen LogP contribution >= 0.6 is 0 Å². The van der Waals surface area contributed by atoms with E-state index in [0.29, 0.717) is 17.1 Å². The van der Waals surface area contributed by atoms with Gasteiger partial charge in [0.25, 0.3) is 6.29 Å². The predicted octanol–water partition coefficient (Wildman–Crippen LogP) is 0.242. The van der Waals surface area contributed by atoms with Crippen molar-refractivity contribution in [2.75, 3.05) is 7.11 Å². The van der Waals surface area contributed by atoms with Crippen molar-refractivity contribution in [2.45, 2.75) is 31.5 Å². The number of carboxylic acids is 1. The highest BCUT2D eigenvalue weighted by molar-refractivity contribution is 6.16. The van der Waals surface area contributed by atoms with E-state index in [1.54, 1.807) is 6.07 Å². The summed E-state index contributed by atoms with van der Waals surface area (Å²) in [5.41, 5.74) is 0.542. The van der Waals surface area contributed by atoms with Gasteiger partial charge in [-0.3, -0.25) is 9.59 Å². The first kappa shape index (κ1) is 15.5. The van der Waals surface area contributed by atoms with Crippen molar-refractivity contribution in [3.63, 3.8) is 0 Å². The normalized spacial score (nSPS) is 25.6. The number of carboxylic acid groups (broad SMARTS) is 1.